The summed E-state index contributed by atoms with van der Waals surface area (Å²) in [7, 11) is -3.02. The molecule has 2 saturated heterocycles. The molecule has 1 unspecified atom stereocenters. The fourth-order valence-corrected chi connectivity index (χ4v) is 3.76. The van der Waals surface area contributed by atoms with Crippen LogP contribution in [0.1, 0.15) is 12.8 Å². The fraction of sp³-hybridized carbons (Fsp3) is 0.889. The van der Waals surface area contributed by atoms with Crippen molar-refractivity contribution in [3.05, 3.63) is 0 Å². The summed E-state index contributed by atoms with van der Waals surface area (Å²) in [6.45, 7) is 0.376. The third-order valence-electron chi connectivity index (χ3n) is 3.07. The third-order valence-corrected chi connectivity index (χ3v) is 5.34. The van der Waals surface area contributed by atoms with Crippen LogP contribution >= 0.6 is 0 Å². The number of nitrogens with zero attached hydrogens (tertiary/aromatic N) is 1. The van der Waals surface area contributed by atoms with E-state index in [-0.39, 0.29) is 31.4 Å². The molecule has 1 atom stereocenters. The van der Waals surface area contributed by atoms with Gasteiger partial charge >= 0.3 is 6.03 Å². The predicted molar refractivity (Wildman–Crippen MR) is 56.7 cm³/mol. The van der Waals surface area contributed by atoms with Gasteiger partial charge < -0.3 is 10.2 Å². The molecule has 0 spiro atoms. The molecule has 2 aliphatic rings. The lowest BCUT2D eigenvalue weighted by atomic mass is 10.2. The lowest BCUT2D eigenvalue weighted by molar-refractivity contribution is 0.0899. The monoisotopic (exact) mass is 250 g/mol. The number of amides is 2. The Labute approximate surface area is 93.9 Å². The second-order valence-corrected chi connectivity index (χ2v) is 6.72. The van der Waals surface area contributed by atoms with Gasteiger partial charge in [0.15, 0.2) is 9.84 Å². The molecule has 5 nitrogen and oxygen atoms in total. The average Bonchev–Trinajstić information content (AvgIpc) is 2.49. The number of alkyl halides is 1. The van der Waals surface area contributed by atoms with E-state index >= 15 is 0 Å². The van der Waals surface area contributed by atoms with Crippen LogP contribution in [-0.2, 0) is 9.84 Å². The highest BCUT2D eigenvalue weighted by Gasteiger charge is 2.34. The largest absolute Gasteiger partial charge is 0.337 e. The van der Waals surface area contributed by atoms with Crippen LogP contribution in [0.15, 0.2) is 0 Å². The molecule has 0 aliphatic carbocycles. The van der Waals surface area contributed by atoms with Gasteiger partial charge in [-0.15, -0.1) is 0 Å². The molecule has 0 saturated carbocycles. The molecule has 0 aromatic rings. The molecule has 2 amide bonds. The minimum Gasteiger partial charge on any atom is -0.337 e. The summed E-state index contributed by atoms with van der Waals surface area (Å²) >= 11 is 0. The molecule has 0 aromatic heterocycles. The van der Waals surface area contributed by atoms with Crippen LogP contribution in [0.25, 0.3) is 0 Å². The maximum atomic E-state index is 12.5. The molecule has 0 aromatic carbocycles. The van der Waals surface area contributed by atoms with E-state index in [4.69, 9.17) is 0 Å². The summed E-state index contributed by atoms with van der Waals surface area (Å²) in [4.78, 5) is 12.7. The van der Waals surface area contributed by atoms with Gasteiger partial charge in [0.05, 0.1) is 24.1 Å². The summed E-state index contributed by atoms with van der Waals surface area (Å²) in [6.07, 6.45) is 0.342. The Morgan fingerprint density at radius 3 is 2.62 bits per heavy atom. The van der Waals surface area contributed by atoms with Gasteiger partial charge in [0.25, 0.3) is 0 Å². The third kappa shape index (κ3) is 2.28. The Balaban J connectivity index is 1.77. The van der Waals surface area contributed by atoms with Crippen LogP contribution in [-0.4, -0.2) is 56.2 Å². The van der Waals surface area contributed by atoms with E-state index in [1.165, 1.54) is 4.90 Å². The van der Waals surface area contributed by atoms with Gasteiger partial charge in [-0.25, -0.2) is 17.6 Å². The summed E-state index contributed by atoms with van der Waals surface area (Å²) in [5.41, 5.74) is 0. The minimum atomic E-state index is -3.02. The van der Waals surface area contributed by atoms with Crippen LogP contribution in [0, 0.1) is 0 Å². The van der Waals surface area contributed by atoms with Gasteiger partial charge in [0.1, 0.15) is 6.17 Å². The quantitative estimate of drug-likeness (QED) is 0.746. The molecule has 0 radical (unpaired) electrons. The highest BCUT2D eigenvalue weighted by atomic mass is 32.2. The smallest absolute Gasteiger partial charge is 0.317 e. The first-order valence-corrected chi connectivity index (χ1v) is 7.09. The molecule has 16 heavy (non-hydrogen) atoms. The number of halogens is 1. The van der Waals surface area contributed by atoms with Crippen molar-refractivity contribution in [2.75, 3.05) is 25.4 Å². The number of rotatable bonds is 2. The zero-order chi connectivity index (χ0) is 11.8. The molecule has 7 heteroatoms. The van der Waals surface area contributed by atoms with Crippen molar-refractivity contribution in [1.82, 2.24) is 10.2 Å². The second-order valence-electron chi connectivity index (χ2n) is 4.32. The maximum Gasteiger partial charge on any atom is 0.317 e. The summed E-state index contributed by atoms with van der Waals surface area (Å²) in [5.74, 6) is 0.212. The summed E-state index contributed by atoms with van der Waals surface area (Å²) < 4.78 is 35.4. The number of hydrogen-bond donors (Lipinski definition) is 1. The Bertz CT molecular complexity index is 378. The Hall–Kier alpha value is -0.850. The van der Waals surface area contributed by atoms with Crippen molar-refractivity contribution in [3.8, 4) is 0 Å². The van der Waals surface area contributed by atoms with E-state index in [9.17, 15) is 17.6 Å². The van der Waals surface area contributed by atoms with Gasteiger partial charge in [-0.1, -0.05) is 0 Å². The molecule has 2 rings (SSSR count). The van der Waals surface area contributed by atoms with Crippen molar-refractivity contribution >= 4 is 15.9 Å². The van der Waals surface area contributed by atoms with E-state index in [0.717, 1.165) is 0 Å². The maximum absolute atomic E-state index is 12.5. The molecule has 1 N–H and O–H groups in total. The van der Waals surface area contributed by atoms with Gasteiger partial charge in [-0.3, -0.25) is 0 Å². The average molecular weight is 250 g/mol. The van der Waals surface area contributed by atoms with Gasteiger partial charge in [-0.2, -0.15) is 0 Å². The molecular formula is C9H15FN2O3S. The standard InChI is InChI=1S/C9H15FN2O3S/c10-7-5-12(6-7)9(13)11-4-8-2-1-3-16(8,14)15/h7-8H,1-6H2,(H,11,13). The van der Waals surface area contributed by atoms with E-state index < -0.39 is 21.3 Å². The lowest BCUT2D eigenvalue weighted by Gasteiger charge is -2.34. The van der Waals surface area contributed by atoms with Crippen molar-refractivity contribution < 1.29 is 17.6 Å². The van der Waals surface area contributed by atoms with Crippen molar-refractivity contribution in [1.29, 1.82) is 0 Å². The number of likely N-dealkylation sites (tertiary alicyclic amines) is 1. The van der Waals surface area contributed by atoms with Crippen LogP contribution in [0.5, 0.6) is 0 Å². The number of urea groups is 1. The van der Waals surface area contributed by atoms with Crippen molar-refractivity contribution in [2.24, 2.45) is 0 Å². The van der Waals surface area contributed by atoms with Gasteiger partial charge in [-0.05, 0) is 12.8 Å². The topological polar surface area (TPSA) is 66.5 Å². The first kappa shape index (κ1) is 11.6. The Morgan fingerprint density at radius 2 is 2.12 bits per heavy atom. The van der Waals surface area contributed by atoms with E-state index in [1.807, 2.05) is 0 Å². The van der Waals surface area contributed by atoms with Crippen LogP contribution in [0.4, 0.5) is 9.18 Å². The Kier molecular flexibility index (Phi) is 3.05. The molecule has 92 valence electrons. The SMILES string of the molecule is O=C(NCC1CCCS1(=O)=O)N1CC(F)C1. The molecule has 0 bridgehead atoms. The predicted octanol–water partition coefficient (Wildman–Crippen LogP) is -0.0731. The lowest BCUT2D eigenvalue weighted by Crippen LogP contribution is -2.56. The van der Waals surface area contributed by atoms with E-state index in [1.54, 1.807) is 0 Å². The van der Waals surface area contributed by atoms with Gasteiger partial charge in [0.2, 0.25) is 0 Å². The number of hydrogen-bond acceptors (Lipinski definition) is 3. The van der Waals surface area contributed by atoms with E-state index in [2.05, 4.69) is 5.32 Å². The molecule has 2 heterocycles. The highest BCUT2D eigenvalue weighted by Crippen LogP contribution is 2.19. The van der Waals surface area contributed by atoms with Gasteiger partial charge in [0, 0.05) is 6.54 Å². The first-order chi connectivity index (χ1) is 7.49. The van der Waals surface area contributed by atoms with Crippen LogP contribution in [0.3, 0.4) is 0 Å². The zero-order valence-corrected chi connectivity index (χ0v) is 9.67. The van der Waals surface area contributed by atoms with Crippen molar-refractivity contribution in [3.63, 3.8) is 0 Å². The highest BCUT2D eigenvalue weighted by molar-refractivity contribution is 7.92. The summed E-state index contributed by atoms with van der Waals surface area (Å²) in [5, 5.41) is 2.08. The van der Waals surface area contributed by atoms with Crippen molar-refractivity contribution in [2.45, 2.75) is 24.3 Å². The fourth-order valence-electron chi connectivity index (χ4n) is 1.99. The molecule has 2 aliphatic heterocycles. The molecule has 2 fully saturated rings. The van der Waals surface area contributed by atoms with Crippen LogP contribution < -0.4 is 5.32 Å². The normalized spacial score (nSPS) is 28.8. The number of carbonyl (C=O) groups excluding carboxylic acids is 1. The number of carbonyl (C=O) groups is 1. The second kappa shape index (κ2) is 4.20. The first-order valence-electron chi connectivity index (χ1n) is 5.37. The number of nitrogens with one attached hydrogen (secondary N) is 1. The zero-order valence-electron chi connectivity index (χ0n) is 8.86. The van der Waals surface area contributed by atoms with Crippen LogP contribution in [0.2, 0.25) is 0 Å². The minimum absolute atomic E-state index is 0.114. The summed E-state index contributed by atoms with van der Waals surface area (Å²) in [6, 6.07) is -0.365. The number of sulfone groups is 1. The molecular weight excluding hydrogens is 235 g/mol. The Morgan fingerprint density at radius 1 is 1.44 bits per heavy atom. The van der Waals surface area contributed by atoms with E-state index in [0.29, 0.717) is 12.8 Å².